The molecule has 0 bridgehead atoms. The second kappa shape index (κ2) is 5.83. The van der Waals surface area contributed by atoms with E-state index in [1.165, 1.54) is 0 Å². The van der Waals surface area contributed by atoms with Crippen molar-refractivity contribution in [2.75, 3.05) is 0 Å². The first-order chi connectivity index (χ1) is 6.77. The van der Waals surface area contributed by atoms with Gasteiger partial charge in [0.15, 0.2) is 0 Å². The normalized spacial score (nSPS) is 13.1. The average Bonchev–Trinajstić information content (AvgIpc) is 2.66. The van der Waals surface area contributed by atoms with Crippen molar-refractivity contribution >= 4 is 0 Å². The van der Waals surface area contributed by atoms with Gasteiger partial charge in [-0.1, -0.05) is 26.2 Å². The minimum absolute atomic E-state index is 0.109. The van der Waals surface area contributed by atoms with Gasteiger partial charge in [0.05, 0.1) is 0 Å². The quantitative estimate of drug-likeness (QED) is 0.690. The van der Waals surface area contributed by atoms with E-state index < -0.39 is 6.10 Å². The number of furan rings is 1. The number of aliphatic hydroxyl groups excluding tert-OH is 2. The molecule has 0 saturated heterocycles. The van der Waals surface area contributed by atoms with Crippen LogP contribution in [0.15, 0.2) is 16.5 Å². The third-order valence-corrected chi connectivity index (χ3v) is 2.25. The van der Waals surface area contributed by atoms with Crippen molar-refractivity contribution in [3.63, 3.8) is 0 Å². The average molecular weight is 198 g/mol. The summed E-state index contributed by atoms with van der Waals surface area (Å²) in [5, 5.41) is 18.5. The van der Waals surface area contributed by atoms with Gasteiger partial charge >= 0.3 is 0 Å². The fourth-order valence-electron chi connectivity index (χ4n) is 1.39. The highest BCUT2D eigenvalue weighted by Crippen LogP contribution is 2.21. The number of rotatable bonds is 6. The van der Waals surface area contributed by atoms with Crippen molar-refractivity contribution in [2.24, 2.45) is 0 Å². The van der Waals surface area contributed by atoms with Crippen LogP contribution in [-0.4, -0.2) is 10.2 Å². The molecule has 1 atom stereocenters. The van der Waals surface area contributed by atoms with Crippen LogP contribution in [0.5, 0.6) is 0 Å². The summed E-state index contributed by atoms with van der Waals surface area (Å²) in [5.74, 6) is 1.07. The standard InChI is InChI=1S/C11H18O3/c1-2-3-4-5-10(13)11-7-6-9(8-12)14-11/h6-7,10,12-13H,2-5,8H2,1H3. The maximum absolute atomic E-state index is 9.68. The highest BCUT2D eigenvalue weighted by atomic mass is 16.4. The molecular formula is C11H18O3. The Balaban J connectivity index is 2.39. The fraction of sp³-hybridized carbons (Fsp3) is 0.636. The van der Waals surface area contributed by atoms with E-state index in [2.05, 4.69) is 6.92 Å². The van der Waals surface area contributed by atoms with Crippen LogP contribution in [0.25, 0.3) is 0 Å². The summed E-state index contributed by atoms with van der Waals surface area (Å²) in [4.78, 5) is 0. The molecule has 1 rings (SSSR count). The highest BCUT2D eigenvalue weighted by Gasteiger charge is 2.11. The summed E-state index contributed by atoms with van der Waals surface area (Å²) < 4.78 is 5.23. The molecule has 1 heterocycles. The van der Waals surface area contributed by atoms with Crippen LogP contribution < -0.4 is 0 Å². The highest BCUT2D eigenvalue weighted by molar-refractivity contribution is 5.08. The molecule has 0 aliphatic rings. The van der Waals surface area contributed by atoms with E-state index in [1.807, 2.05) is 0 Å². The number of aliphatic hydroxyl groups is 2. The summed E-state index contributed by atoms with van der Waals surface area (Å²) in [5.41, 5.74) is 0. The molecule has 0 saturated carbocycles. The summed E-state index contributed by atoms with van der Waals surface area (Å²) in [7, 11) is 0. The van der Waals surface area contributed by atoms with Crippen LogP contribution in [0, 0.1) is 0 Å². The predicted molar refractivity (Wildman–Crippen MR) is 53.7 cm³/mol. The van der Waals surface area contributed by atoms with Gasteiger partial charge in [0.1, 0.15) is 24.2 Å². The lowest BCUT2D eigenvalue weighted by Crippen LogP contribution is -1.95. The van der Waals surface area contributed by atoms with Crippen LogP contribution in [0.4, 0.5) is 0 Å². The van der Waals surface area contributed by atoms with Crippen molar-refractivity contribution in [2.45, 2.75) is 45.3 Å². The van der Waals surface area contributed by atoms with E-state index in [-0.39, 0.29) is 6.61 Å². The molecule has 0 aliphatic carbocycles. The largest absolute Gasteiger partial charge is 0.461 e. The molecule has 3 nitrogen and oxygen atoms in total. The fourth-order valence-corrected chi connectivity index (χ4v) is 1.39. The lowest BCUT2D eigenvalue weighted by molar-refractivity contribution is 0.130. The Labute approximate surface area is 84.4 Å². The third kappa shape index (κ3) is 3.16. The Morgan fingerprint density at radius 2 is 2.14 bits per heavy atom. The number of unbranched alkanes of at least 4 members (excludes halogenated alkanes) is 2. The van der Waals surface area contributed by atoms with E-state index in [0.717, 1.165) is 25.7 Å². The Morgan fingerprint density at radius 1 is 1.36 bits per heavy atom. The molecule has 1 unspecified atom stereocenters. The van der Waals surface area contributed by atoms with Crippen LogP contribution >= 0.6 is 0 Å². The van der Waals surface area contributed by atoms with Crippen molar-refractivity contribution < 1.29 is 14.6 Å². The van der Waals surface area contributed by atoms with Gasteiger partial charge in [0, 0.05) is 0 Å². The first-order valence-electron chi connectivity index (χ1n) is 5.15. The predicted octanol–water partition coefficient (Wildman–Crippen LogP) is 2.39. The van der Waals surface area contributed by atoms with Crippen molar-refractivity contribution in [1.29, 1.82) is 0 Å². The van der Waals surface area contributed by atoms with Crippen molar-refractivity contribution in [3.05, 3.63) is 23.7 Å². The molecule has 1 aromatic rings. The SMILES string of the molecule is CCCCCC(O)c1ccc(CO)o1. The Kier molecular flexibility index (Phi) is 4.70. The van der Waals surface area contributed by atoms with Crippen molar-refractivity contribution in [3.8, 4) is 0 Å². The van der Waals surface area contributed by atoms with Gasteiger partial charge in [-0.15, -0.1) is 0 Å². The first-order valence-corrected chi connectivity index (χ1v) is 5.15. The monoisotopic (exact) mass is 198 g/mol. The van der Waals surface area contributed by atoms with Crippen LogP contribution in [0.2, 0.25) is 0 Å². The summed E-state index contributed by atoms with van der Waals surface area (Å²) in [6.45, 7) is 2.02. The van der Waals surface area contributed by atoms with E-state index in [4.69, 9.17) is 9.52 Å². The van der Waals surface area contributed by atoms with E-state index in [0.29, 0.717) is 11.5 Å². The minimum Gasteiger partial charge on any atom is -0.461 e. The molecular weight excluding hydrogens is 180 g/mol. The van der Waals surface area contributed by atoms with Gasteiger partial charge in [-0.2, -0.15) is 0 Å². The second-order valence-corrected chi connectivity index (χ2v) is 3.47. The molecule has 1 aromatic heterocycles. The van der Waals surface area contributed by atoms with E-state index in [1.54, 1.807) is 12.1 Å². The smallest absolute Gasteiger partial charge is 0.132 e. The first kappa shape index (κ1) is 11.3. The molecule has 0 aliphatic heterocycles. The van der Waals surface area contributed by atoms with Crippen molar-refractivity contribution in [1.82, 2.24) is 0 Å². The summed E-state index contributed by atoms with van der Waals surface area (Å²) >= 11 is 0. The Hall–Kier alpha value is -0.800. The van der Waals surface area contributed by atoms with Crippen LogP contribution in [0.1, 0.15) is 50.2 Å². The molecule has 0 aromatic carbocycles. The van der Waals surface area contributed by atoms with Gasteiger partial charge in [-0.05, 0) is 18.6 Å². The Morgan fingerprint density at radius 3 is 2.71 bits per heavy atom. The van der Waals surface area contributed by atoms with Crippen LogP contribution in [0.3, 0.4) is 0 Å². The maximum Gasteiger partial charge on any atom is 0.132 e. The Bertz CT molecular complexity index is 255. The third-order valence-electron chi connectivity index (χ3n) is 2.25. The molecule has 80 valence electrons. The van der Waals surface area contributed by atoms with Gasteiger partial charge in [-0.25, -0.2) is 0 Å². The van der Waals surface area contributed by atoms with Crippen LogP contribution in [-0.2, 0) is 6.61 Å². The minimum atomic E-state index is -0.526. The number of hydrogen-bond acceptors (Lipinski definition) is 3. The second-order valence-electron chi connectivity index (χ2n) is 3.47. The molecule has 3 heteroatoms. The molecule has 2 N–H and O–H groups in total. The number of hydrogen-bond donors (Lipinski definition) is 2. The molecule has 0 fully saturated rings. The zero-order valence-corrected chi connectivity index (χ0v) is 8.57. The topological polar surface area (TPSA) is 53.6 Å². The van der Waals surface area contributed by atoms with Gasteiger partial charge in [0.25, 0.3) is 0 Å². The lowest BCUT2D eigenvalue weighted by Gasteiger charge is -2.06. The summed E-state index contributed by atoms with van der Waals surface area (Å²) in [6.07, 6.45) is 3.48. The zero-order valence-electron chi connectivity index (χ0n) is 8.57. The van der Waals surface area contributed by atoms with Gasteiger partial charge in [-0.3, -0.25) is 0 Å². The lowest BCUT2D eigenvalue weighted by atomic mass is 10.1. The zero-order chi connectivity index (χ0) is 10.4. The van der Waals surface area contributed by atoms with Gasteiger partial charge in [0.2, 0.25) is 0 Å². The molecule has 0 radical (unpaired) electrons. The van der Waals surface area contributed by atoms with E-state index in [9.17, 15) is 5.11 Å². The van der Waals surface area contributed by atoms with E-state index >= 15 is 0 Å². The summed E-state index contributed by atoms with van der Waals surface area (Å²) in [6, 6.07) is 3.42. The molecule has 0 spiro atoms. The molecule has 14 heavy (non-hydrogen) atoms. The van der Waals surface area contributed by atoms with Gasteiger partial charge < -0.3 is 14.6 Å². The maximum atomic E-state index is 9.68. The molecule has 0 amide bonds.